The normalized spacial score (nSPS) is 12.9. The maximum atomic E-state index is 13.9. The first kappa shape index (κ1) is 30.9. The number of carbonyl (C=O) groups excluding carboxylic acids is 2. The lowest BCUT2D eigenvalue weighted by molar-refractivity contribution is 0.0646. The number of ether oxygens (including phenoxy) is 1. The Morgan fingerprint density at radius 2 is 1.80 bits per heavy atom. The van der Waals surface area contributed by atoms with E-state index in [1.165, 1.54) is 19.2 Å². The predicted octanol–water partition coefficient (Wildman–Crippen LogP) is 3.52. The van der Waals surface area contributed by atoms with Crippen molar-refractivity contribution in [2.24, 2.45) is 0 Å². The highest BCUT2D eigenvalue weighted by molar-refractivity contribution is 7.46. The maximum Gasteiger partial charge on any atom is 0.469 e. The van der Waals surface area contributed by atoms with Crippen LogP contribution in [-0.2, 0) is 20.4 Å². The van der Waals surface area contributed by atoms with E-state index < -0.39 is 50.3 Å². The van der Waals surface area contributed by atoms with Gasteiger partial charge in [0.25, 0.3) is 0 Å². The largest absolute Gasteiger partial charge is 0.469 e. The Labute approximate surface area is 228 Å². The summed E-state index contributed by atoms with van der Waals surface area (Å²) < 4.78 is 47.9. The summed E-state index contributed by atoms with van der Waals surface area (Å²) in [5.74, 6) is -1.93. The molecule has 40 heavy (non-hydrogen) atoms. The highest BCUT2D eigenvalue weighted by Crippen LogP contribution is 2.35. The number of aliphatic hydroxyl groups is 1. The van der Waals surface area contributed by atoms with Gasteiger partial charge < -0.3 is 29.8 Å². The van der Waals surface area contributed by atoms with Gasteiger partial charge in [-0.2, -0.15) is 0 Å². The summed E-state index contributed by atoms with van der Waals surface area (Å²) >= 11 is 0. The van der Waals surface area contributed by atoms with E-state index in [0.29, 0.717) is 0 Å². The van der Waals surface area contributed by atoms with Crippen LogP contribution >= 0.6 is 7.82 Å². The highest BCUT2D eigenvalue weighted by atomic mass is 31.2. The third kappa shape index (κ3) is 9.50. The van der Waals surface area contributed by atoms with Gasteiger partial charge in [0.1, 0.15) is 12.4 Å². The van der Waals surface area contributed by atoms with Gasteiger partial charge in [0, 0.05) is 30.7 Å². The van der Waals surface area contributed by atoms with Crippen LogP contribution in [0.2, 0.25) is 0 Å². The molecule has 0 spiro atoms. The molecule has 2 aromatic carbocycles. The Kier molecular flexibility index (Phi) is 10.9. The number of rotatable bonds is 12. The number of likely N-dealkylation sites (N-methyl/N-ethyl adjacent to an activating group) is 1. The van der Waals surface area contributed by atoms with Crippen molar-refractivity contribution < 1.29 is 47.1 Å². The molecule has 0 fully saturated rings. The SMILES string of the molecule is CN(C(=O)NCc1cccc(F)c1F)[C@@H](CC[C@@H](O)COP(=O)(O)O)COC(=O)Nc1cc2ccccc2cn1. The lowest BCUT2D eigenvalue weighted by Gasteiger charge is -2.29. The van der Waals surface area contributed by atoms with Crippen LogP contribution in [0.15, 0.2) is 54.7 Å². The molecule has 216 valence electrons. The van der Waals surface area contributed by atoms with Gasteiger partial charge in [0.05, 0.1) is 18.8 Å². The highest BCUT2D eigenvalue weighted by Gasteiger charge is 2.24. The van der Waals surface area contributed by atoms with E-state index in [1.54, 1.807) is 12.3 Å². The minimum absolute atomic E-state index is 0.0193. The second-order valence-electron chi connectivity index (χ2n) is 8.79. The van der Waals surface area contributed by atoms with Gasteiger partial charge in [-0.15, -0.1) is 0 Å². The number of fused-ring (bicyclic) bond motifs is 1. The molecule has 0 aliphatic rings. The predicted molar refractivity (Wildman–Crippen MR) is 140 cm³/mol. The number of nitrogens with zero attached hydrogens (tertiary/aromatic N) is 2. The average molecular weight is 582 g/mol. The molecule has 1 aromatic heterocycles. The number of pyridine rings is 1. The van der Waals surface area contributed by atoms with E-state index in [9.17, 15) is 28.0 Å². The summed E-state index contributed by atoms with van der Waals surface area (Å²) in [6.45, 7) is -1.34. The molecule has 0 saturated heterocycles. The van der Waals surface area contributed by atoms with E-state index in [2.05, 4.69) is 20.1 Å². The molecule has 0 unspecified atom stereocenters. The van der Waals surface area contributed by atoms with Crippen molar-refractivity contribution >= 4 is 36.5 Å². The lowest BCUT2D eigenvalue weighted by Crippen LogP contribution is -2.46. The molecule has 15 heteroatoms. The number of aromatic nitrogens is 1. The number of urea groups is 1. The molecule has 2 atom stereocenters. The number of carbonyl (C=O) groups is 2. The van der Waals surface area contributed by atoms with E-state index in [-0.39, 0.29) is 37.4 Å². The number of halogens is 2. The average Bonchev–Trinajstić information content (AvgIpc) is 2.91. The molecule has 5 N–H and O–H groups in total. The fraction of sp³-hybridized carbons (Fsp3) is 0.320. The van der Waals surface area contributed by atoms with Crippen molar-refractivity contribution in [3.8, 4) is 0 Å². The van der Waals surface area contributed by atoms with Crippen molar-refractivity contribution in [2.75, 3.05) is 25.6 Å². The molecule has 0 bridgehead atoms. The van der Waals surface area contributed by atoms with E-state index in [4.69, 9.17) is 14.5 Å². The molecule has 0 saturated carbocycles. The van der Waals surface area contributed by atoms with Crippen LogP contribution in [-0.4, -0.2) is 69.3 Å². The fourth-order valence-electron chi connectivity index (χ4n) is 3.65. The fourth-order valence-corrected chi connectivity index (χ4v) is 4.02. The molecular formula is C25H29F2N4O8P. The number of benzene rings is 2. The van der Waals surface area contributed by atoms with E-state index >= 15 is 0 Å². The summed E-state index contributed by atoms with van der Waals surface area (Å²) in [6, 6.07) is 11.0. The molecule has 3 amide bonds. The second-order valence-corrected chi connectivity index (χ2v) is 10.0. The first-order chi connectivity index (χ1) is 18.9. The first-order valence-corrected chi connectivity index (χ1v) is 13.6. The Morgan fingerprint density at radius 3 is 2.52 bits per heavy atom. The number of amides is 3. The van der Waals surface area contributed by atoms with Crippen LogP contribution in [0.4, 0.5) is 24.2 Å². The topological polar surface area (TPSA) is 171 Å². The van der Waals surface area contributed by atoms with Gasteiger partial charge in [-0.3, -0.25) is 9.84 Å². The van der Waals surface area contributed by atoms with Crippen LogP contribution < -0.4 is 10.6 Å². The zero-order chi connectivity index (χ0) is 29.3. The summed E-state index contributed by atoms with van der Waals surface area (Å²) in [4.78, 5) is 48.1. The Morgan fingerprint density at radius 1 is 1.07 bits per heavy atom. The van der Waals surface area contributed by atoms with E-state index in [1.807, 2.05) is 24.3 Å². The van der Waals surface area contributed by atoms with Crippen LogP contribution in [0.1, 0.15) is 18.4 Å². The molecule has 0 aliphatic heterocycles. The minimum Gasteiger partial charge on any atom is -0.447 e. The molecule has 0 aliphatic carbocycles. The summed E-state index contributed by atoms with van der Waals surface area (Å²) in [5, 5.41) is 16.7. The molecular weight excluding hydrogens is 553 g/mol. The number of hydrogen-bond donors (Lipinski definition) is 5. The maximum absolute atomic E-state index is 13.9. The molecule has 1 heterocycles. The van der Waals surface area contributed by atoms with Crippen molar-refractivity contribution in [3.63, 3.8) is 0 Å². The lowest BCUT2D eigenvalue weighted by atomic mass is 10.1. The number of anilines is 1. The van der Waals surface area contributed by atoms with Gasteiger partial charge in [0.15, 0.2) is 11.6 Å². The number of nitrogens with one attached hydrogen (secondary N) is 2. The van der Waals surface area contributed by atoms with Crippen LogP contribution in [0, 0.1) is 11.6 Å². The quantitative estimate of drug-likeness (QED) is 0.201. The van der Waals surface area contributed by atoms with Crippen molar-refractivity contribution in [1.82, 2.24) is 15.2 Å². The zero-order valence-corrected chi connectivity index (χ0v) is 22.3. The first-order valence-electron chi connectivity index (χ1n) is 12.0. The van der Waals surface area contributed by atoms with E-state index in [0.717, 1.165) is 21.7 Å². The molecule has 0 radical (unpaired) electrons. The van der Waals surface area contributed by atoms with Gasteiger partial charge >= 0.3 is 19.9 Å². The van der Waals surface area contributed by atoms with Gasteiger partial charge in [-0.05, 0) is 30.4 Å². The van der Waals surface area contributed by atoms with Crippen molar-refractivity contribution in [1.29, 1.82) is 0 Å². The number of phosphoric acid groups is 1. The van der Waals surface area contributed by atoms with Crippen molar-refractivity contribution in [2.45, 2.75) is 31.5 Å². The van der Waals surface area contributed by atoms with Crippen LogP contribution in [0.5, 0.6) is 0 Å². The zero-order valence-electron chi connectivity index (χ0n) is 21.4. The standard InChI is InChI=1S/C25H29F2N4O8P/c1-31(24(33)29-13-18-7-4-8-21(26)23(18)27)19(9-10-20(32)15-39-40(35,36)37)14-38-25(34)30-22-11-16-5-2-3-6-17(16)12-28-22/h2-8,11-12,19-20,32H,9-10,13-15H2,1H3,(H,29,33)(H,28,30,34)(H2,35,36,37)/t19-,20+/m0/s1. The summed E-state index contributed by atoms with van der Waals surface area (Å²) in [5.41, 5.74) is -0.0816. The van der Waals surface area contributed by atoms with Gasteiger partial charge in [-0.1, -0.05) is 36.4 Å². The van der Waals surface area contributed by atoms with Crippen LogP contribution in [0.25, 0.3) is 10.8 Å². The third-order valence-electron chi connectivity index (χ3n) is 5.87. The third-order valence-corrected chi connectivity index (χ3v) is 6.35. The second kappa shape index (κ2) is 14.1. The molecule has 3 aromatic rings. The Hall–Kier alpha value is -3.68. The van der Waals surface area contributed by atoms with Gasteiger partial charge in [-0.25, -0.2) is 27.9 Å². The van der Waals surface area contributed by atoms with Crippen molar-refractivity contribution in [3.05, 3.63) is 71.9 Å². The molecule has 3 rings (SSSR count). The Bertz CT molecular complexity index is 1380. The molecule has 12 nitrogen and oxygen atoms in total. The minimum atomic E-state index is -4.80. The number of aliphatic hydroxyl groups excluding tert-OH is 1. The monoisotopic (exact) mass is 582 g/mol. The Balaban J connectivity index is 1.62. The van der Waals surface area contributed by atoms with Crippen LogP contribution in [0.3, 0.4) is 0 Å². The number of hydrogen-bond acceptors (Lipinski definition) is 7. The number of phosphoric ester groups is 1. The van der Waals surface area contributed by atoms with Gasteiger partial charge in [0.2, 0.25) is 0 Å². The smallest absolute Gasteiger partial charge is 0.447 e. The summed E-state index contributed by atoms with van der Waals surface area (Å²) in [6.07, 6.45) is -0.657. The summed E-state index contributed by atoms with van der Waals surface area (Å²) in [7, 11) is -3.43.